The van der Waals surface area contributed by atoms with Gasteiger partial charge in [0.2, 0.25) is 0 Å². The molecule has 1 atom stereocenters. The van der Waals surface area contributed by atoms with Crippen molar-refractivity contribution >= 4 is 6.09 Å². The Hall–Kier alpha value is -0.810. The summed E-state index contributed by atoms with van der Waals surface area (Å²) in [7, 11) is 1.79. The van der Waals surface area contributed by atoms with Crippen molar-refractivity contribution in [1.29, 1.82) is 0 Å². The summed E-state index contributed by atoms with van der Waals surface area (Å²) >= 11 is 0. The van der Waals surface area contributed by atoms with Crippen molar-refractivity contribution in [3.8, 4) is 0 Å². The van der Waals surface area contributed by atoms with Crippen LogP contribution in [0.1, 0.15) is 27.7 Å². The Balaban J connectivity index is 2.31. The number of hydrogen-bond donors (Lipinski definition) is 1. The van der Waals surface area contributed by atoms with Gasteiger partial charge < -0.3 is 15.4 Å². The van der Waals surface area contributed by atoms with Crippen LogP contribution in [0.25, 0.3) is 0 Å². The van der Waals surface area contributed by atoms with Gasteiger partial charge in [-0.3, -0.25) is 4.90 Å². The normalized spacial score (nSPS) is 19.6. The molecule has 100 valence electrons. The van der Waals surface area contributed by atoms with Crippen molar-refractivity contribution in [1.82, 2.24) is 9.80 Å². The zero-order valence-corrected chi connectivity index (χ0v) is 11.6. The number of hydrogen-bond acceptors (Lipinski definition) is 4. The van der Waals surface area contributed by atoms with Gasteiger partial charge in [-0.2, -0.15) is 0 Å². The zero-order valence-electron chi connectivity index (χ0n) is 11.6. The molecule has 0 aromatic carbocycles. The van der Waals surface area contributed by atoms with E-state index in [1.165, 1.54) is 0 Å². The Morgan fingerprint density at radius 3 is 2.47 bits per heavy atom. The minimum atomic E-state index is -0.430. The highest BCUT2D eigenvalue weighted by molar-refractivity contribution is 5.68. The molecule has 1 aliphatic heterocycles. The summed E-state index contributed by atoms with van der Waals surface area (Å²) in [6.45, 7) is 10.3. The van der Waals surface area contributed by atoms with Crippen molar-refractivity contribution < 1.29 is 9.53 Å². The van der Waals surface area contributed by atoms with E-state index in [4.69, 9.17) is 10.5 Å². The lowest BCUT2D eigenvalue weighted by Crippen LogP contribution is -2.61. The van der Waals surface area contributed by atoms with Crippen molar-refractivity contribution in [2.45, 2.75) is 45.4 Å². The standard InChI is InChI=1S/C12H25N3O2/c1-9(13)6-15-7-10(8-15)14(5)11(16)17-12(2,3)4/h9-10H,6-8,13H2,1-5H3. The van der Waals surface area contributed by atoms with Gasteiger partial charge in [-0.25, -0.2) is 4.79 Å². The third-order valence-corrected chi connectivity index (χ3v) is 2.71. The zero-order chi connectivity index (χ0) is 13.2. The first kappa shape index (κ1) is 14.3. The van der Waals surface area contributed by atoms with Crippen LogP contribution in [0.15, 0.2) is 0 Å². The van der Waals surface area contributed by atoms with Gasteiger partial charge >= 0.3 is 6.09 Å². The summed E-state index contributed by atoms with van der Waals surface area (Å²) in [5.74, 6) is 0. The molecule has 0 aromatic heterocycles. The van der Waals surface area contributed by atoms with E-state index < -0.39 is 5.60 Å². The fourth-order valence-electron chi connectivity index (χ4n) is 1.83. The van der Waals surface area contributed by atoms with Gasteiger partial charge in [0.25, 0.3) is 0 Å². The molecule has 0 saturated carbocycles. The van der Waals surface area contributed by atoms with E-state index in [9.17, 15) is 4.79 Å². The first-order valence-electron chi connectivity index (χ1n) is 6.13. The predicted octanol–water partition coefficient (Wildman–Crippen LogP) is 0.885. The lowest BCUT2D eigenvalue weighted by atomic mass is 10.1. The molecule has 1 heterocycles. The predicted molar refractivity (Wildman–Crippen MR) is 67.9 cm³/mol. The number of carbonyl (C=O) groups is 1. The summed E-state index contributed by atoms with van der Waals surface area (Å²) in [5.41, 5.74) is 5.29. The molecule has 0 spiro atoms. The summed E-state index contributed by atoms with van der Waals surface area (Å²) < 4.78 is 5.32. The highest BCUT2D eigenvalue weighted by atomic mass is 16.6. The SMILES string of the molecule is CC(N)CN1CC(N(C)C(=O)OC(C)(C)C)C1. The number of rotatable bonds is 3. The van der Waals surface area contributed by atoms with Gasteiger partial charge in [0.15, 0.2) is 0 Å². The molecule has 5 nitrogen and oxygen atoms in total. The lowest BCUT2D eigenvalue weighted by Gasteiger charge is -2.44. The third-order valence-electron chi connectivity index (χ3n) is 2.71. The Morgan fingerprint density at radius 2 is 2.06 bits per heavy atom. The Kier molecular flexibility index (Phi) is 4.38. The van der Waals surface area contributed by atoms with Crippen LogP contribution in [-0.2, 0) is 4.74 Å². The molecule has 1 amide bonds. The molecular weight excluding hydrogens is 218 g/mol. The van der Waals surface area contributed by atoms with Crippen LogP contribution < -0.4 is 5.73 Å². The van der Waals surface area contributed by atoms with E-state index in [1.807, 2.05) is 27.7 Å². The van der Waals surface area contributed by atoms with Crippen LogP contribution in [0.4, 0.5) is 4.79 Å². The first-order valence-corrected chi connectivity index (χ1v) is 6.13. The van der Waals surface area contributed by atoms with Crippen LogP contribution in [0, 0.1) is 0 Å². The maximum atomic E-state index is 11.8. The van der Waals surface area contributed by atoms with Crippen LogP contribution in [0.5, 0.6) is 0 Å². The molecule has 0 aromatic rings. The minimum Gasteiger partial charge on any atom is -0.444 e. The van der Waals surface area contributed by atoms with E-state index in [0.717, 1.165) is 19.6 Å². The van der Waals surface area contributed by atoms with Gasteiger partial charge in [-0.15, -0.1) is 0 Å². The number of amides is 1. The second-order valence-corrected chi connectivity index (χ2v) is 5.94. The van der Waals surface area contributed by atoms with E-state index in [0.29, 0.717) is 0 Å². The van der Waals surface area contributed by atoms with Gasteiger partial charge in [-0.1, -0.05) is 0 Å². The molecule has 0 radical (unpaired) electrons. The number of likely N-dealkylation sites (tertiary alicyclic amines) is 1. The number of likely N-dealkylation sites (N-methyl/N-ethyl adjacent to an activating group) is 1. The van der Waals surface area contributed by atoms with Gasteiger partial charge in [-0.05, 0) is 27.7 Å². The van der Waals surface area contributed by atoms with E-state index in [-0.39, 0.29) is 18.2 Å². The number of ether oxygens (including phenoxy) is 1. The molecule has 1 rings (SSSR count). The smallest absolute Gasteiger partial charge is 0.410 e. The molecule has 1 unspecified atom stereocenters. The first-order chi connectivity index (χ1) is 7.69. The fraction of sp³-hybridized carbons (Fsp3) is 0.917. The molecule has 1 fully saturated rings. The monoisotopic (exact) mass is 243 g/mol. The van der Waals surface area contributed by atoms with Gasteiger partial charge in [0, 0.05) is 32.7 Å². The van der Waals surface area contributed by atoms with E-state index >= 15 is 0 Å². The topological polar surface area (TPSA) is 58.8 Å². The average molecular weight is 243 g/mol. The minimum absolute atomic E-state index is 0.183. The number of nitrogens with two attached hydrogens (primary N) is 1. The Bertz CT molecular complexity index is 267. The average Bonchev–Trinajstić information content (AvgIpc) is 2.06. The number of nitrogens with zero attached hydrogens (tertiary/aromatic N) is 2. The van der Waals surface area contributed by atoms with Crippen molar-refractivity contribution in [2.24, 2.45) is 5.73 Å². The van der Waals surface area contributed by atoms with E-state index in [1.54, 1.807) is 11.9 Å². The molecule has 0 aliphatic carbocycles. The molecule has 1 saturated heterocycles. The molecule has 1 aliphatic rings. The van der Waals surface area contributed by atoms with Crippen LogP contribution in [-0.4, -0.2) is 60.3 Å². The fourth-order valence-corrected chi connectivity index (χ4v) is 1.83. The van der Waals surface area contributed by atoms with Crippen LogP contribution in [0.3, 0.4) is 0 Å². The van der Waals surface area contributed by atoms with Crippen molar-refractivity contribution in [2.75, 3.05) is 26.7 Å². The summed E-state index contributed by atoms with van der Waals surface area (Å²) in [4.78, 5) is 15.7. The third kappa shape index (κ3) is 4.52. The second kappa shape index (κ2) is 5.23. The second-order valence-electron chi connectivity index (χ2n) is 5.94. The Morgan fingerprint density at radius 1 is 1.53 bits per heavy atom. The quantitative estimate of drug-likeness (QED) is 0.799. The molecule has 17 heavy (non-hydrogen) atoms. The molecule has 5 heteroatoms. The largest absolute Gasteiger partial charge is 0.444 e. The van der Waals surface area contributed by atoms with Crippen LogP contribution in [0.2, 0.25) is 0 Å². The lowest BCUT2D eigenvalue weighted by molar-refractivity contribution is -0.00460. The maximum Gasteiger partial charge on any atom is 0.410 e. The summed E-state index contributed by atoms with van der Waals surface area (Å²) in [5, 5.41) is 0. The highest BCUT2D eigenvalue weighted by Gasteiger charge is 2.34. The number of carbonyl (C=O) groups excluding carboxylic acids is 1. The summed E-state index contributed by atoms with van der Waals surface area (Å²) in [6, 6.07) is 0.436. The van der Waals surface area contributed by atoms with Crippen molar-refractivity contribution in [3.63, 3.8) is 0 Å². The van der Waals surface area contributed by atoms with Gasteiger partial charge in [0.05, 0.1) is 6.04 Å². The Labute approximate surface area is 104 Å². The molecular formula is C12H25N3O2. The maximum absolute atomic E-state index is 11.8. The van der Waals surface area contributed by atoms with E-state index in [2.05, 4.69) is 4.90 Å². The summed E-state index contributed by atoms with van der Waals surface area (Å²) in [6.07, 6.45) is -0.247. The van der Waals surface area contributed by atoms with Gasteiger partial charge in [0.1, 0.15) is 5.60 Å². The van der Waals surface area contributed by atoms with Crippen LogP contribution >= 0.6 is 0 Å². The highest BCUT2D eigenvalue weighted by Crippen LogP contribution is 2.17. The molecule has 0 bridgehead atoms. The molecule has 2 N–H and O–H groups in total. The van der Waals surface area contributed by atoms with Crippen molar-refractivity contribution in [3.05, 3.63) is 0 Å².